The van der Waals surface area contributed by atoms with E-state index in [-0.39, 0.29) is 29.8 Å². The van der Waals surface area contributed by atoms with Gasteiger partial charge in [0.2, 0.25) is 5.91 Å². The second-order valence-corrected chi connectivity index (χ2v) is 6.67. The van der Waals surface area contributed by atoms with Gasteiger partial charge in [0.05, 0.1) is 12.5 Å². The molecular formula is C13H23NO3. The number of nitrogens with zero attached hydrogens (tertiary/aromatic N) is 1. The lowest BCUT2D eigenvalue weighted by Gasteiger charge is -2.37. The Morgan fingerprint density at radius 3 is 2.06 bits per heavy atom. The van der Waals surface area contributed by atoms with Crippen molar-refractivity contribution in [2.45, 2.75) is 47.1 Å². The monoisotopic (exact) mass is 241 g/mol. The van der Waals surface area contributed by atoms with Crippen molar-refractivity contribution in [1.29, 1.82) is 0 Å². The summed E-state index contributed by atoms with van der Waals surface area (Å²) in [5.41, 5.74) is -0.698. The highest BCUT2D eigenvalue weighted by Gasteiger charge is 2.43. The first-order valence-electron chi connectivity index (χ1n) is 6.00. The van der Waals surface area contributed by atoms with Crippen LogP contribution in [0.2, 0.25) is 0 Å². The van der Waals surface area contributed by atoms with Crippen LogP contribution in [0.15, 0.2) is 0 Å². The molecule has 0 radical (unpaired) electrons. The molecule has 2 amide bonds. The Hall–Kier alpha value is -0.900. The Morgan fingerprint density at radius 1 is 1.12 bits per heavy atom. The van der Waals surface area contributed by atoms with Crippen molar-refractivity contribution in [3.8, 4) is 0 Å². The average molecular weight is 241 g/mol. The van der Waals surface area contributed by atoms with Gasteiger partial charge in [-0.25, -0.2) is 0 Å². The highest BCUT2D eigenvalue weighted by atomic mass is 16.5. The van der Waals surface area contributed by atoms with Gasteiger partial charge in [0, 0.05) is 5.54 Å². The zero-order chi connectivity index (χ0) is 13.4. The van der Waals surface area contributed by atoms with Gasteiger partial charge < -0.3 is 4.74 Å². The first-order valence-corrected chi connectivity index (χ1v) is 6.00. The Morgan fingerprint density at radius 2 is 1.65 bits per heavy atom. The Bertz CT molecular complexity index is 323. The summed E-state index contributed by atoms with van der Waals surface area (Å²) in [5.74, 6) is -0.630. The van der Waals surface area contributed by atoms with Crippen LogP contribution in [0.1, 0.15) is 41.5 Å². The molecule has 17 heavy (non-hydrogen) atoms. The molecule has 0 N–H and O–H groups in total. The number of hydrogen-bond acceptors (Lipinski definition) is 3. The molecule has 1 rings (SSSR count). The highest BCUT2D eigenvalue weighted by Crippen LogP contribution is 2.31. The fourth-order valence-electron chi connectivity index (χ4n) is 2.00. The van der Waals surface area contributed by atoms with E-state index in [1.807, 2.05) is 41.5 Å². The minimum absolute atomic E-state index is 0.00438. The lowest BCUT2D eigenvalue weighted by atomic mass is 9.80. The van der Waals surface area contributed by atoms with E-state index in [9.17, 15) is 9.59 Å². The third-order valence-electron chi connectivity index (χ3n) is 2.99. The maximum Gasteiger partial charge on any atom is 0.255 e. The van der Waals surface area contributed by atoms with Crippen molar-refractivity contribution in [1.82, 2.24) is 4.90 Å². The van der Waals surface area contributed by atoms with Crippen molar-refractivity contribution in [3.05, 3.63) is 0 Å². The Labute approximate surface area is 103 Å². The van der Waals surface area contributed by atoms with Crippen LogP contribution >= 0.6 is 0 Å². The van der Waals surface area contributed by atoms with Gasteiger partial charge in [-0.2, -0.15) is 0 Å². The number of amides is 2. The lowest BCUT2D eigenvalue weighted by Crippen LogP contribution is -2.53. The topological polar surface area (TPSA) is 46.6 Å². The molecule has 4 heteroatoms. The summed E-state index contributed by atoms with van der Waals surface area (Å²) in [7, 11) is 0. The summed E-state index contributed by atoms with van der Waals surface area (Å²) in [6.07, 6.45) is 0. The average Bonchev–Trinajstić information content (AvgIpc) is 2.20. The largest absolute Gasteiger partial charge is 0.371 e. The van der Waals surface area contributed by atoms with Gasteiger partial charge in [-0.05, 0) is 26.2 Å². The first-order chi connectivity index (χ1) is 7.55. The summed E-state index contributed by atoms with van der Waals surface area (Å²) < 4.78 is 5.33. The van der Waals surface area contributed by atoms with Gasteiger partial charge in [0.15, 0.2) is 0 Å². The van der Waals surface area contributed by atoms with E-state index in [0.717, 1.165) is 0 Å². The quantitative estimate of drug-likeness (QED) is 0.608. The van der Waals surface area contributed by atoms with Crippen LogP contribution in [0.4, 0.5) is 0 Å². The molecule has 4 nitrogen and oxygen atoms in total. The molecule has 0 bridgehead atoms. The van der Waals surface area contributed by atoms with E-state index in [2.05, 4.69) is 0 Å². The molecule has 0 aromatic rings. The van der Waals surface area contributed by atoms with Gasteiger partial charge >= 0.3 is 0 Å². The number of carbonyl (C=O) groups excluding carboxylic acids is 2. The molecule has 98 valence electrons. The van der Waals surface area contributed by atoms with E-state index < -0.39 is 5.54 Å². The molecule has 0 aliphatic carbocycles. The van der Waals surface area contributed by atoms with Gasteiger partial charge in [0.1, 0.15) is 6.61 Å². The SMILES string of the molecule is CC(C)(C)C1COCC(=O)N(C(C)(C)C)C1=O. The van der Waals surface area contributed by atoms with Crippen LogP contribution in [0.3, 0.4) is 0 Å². The Balaban J connectivity index is 3.10. The molecule has 0 saturated carbocycles. The van der Waals surface area contributed by atoms with Gasteiger partial charge in [-0.3, -0.25) is 14.5 Å². The lowest BCUT2D eigenvalue weighted by molar-refractivity contribution is -0.153. The molecule has 1 unspecified atom stereocenters. The van der Waals surface area contributed by atoms with E-state index in [1.165, 1.54) is 4.90 Å². The van der Waals surface area contributed by atoms with E-state index >= 15 is 0 Å². The maximum absolute atomic E-state index is 12.5. The third kappa shape index (κ3) is 3.06. The molecule has 1 saturated heterocycles. The fraction of sp³-hybridized carbons (Fsp3) is 0.846. The predicted molar refractivity (Wildman–Crippen MR) is 65.4 cm³/mol. The van der Waals surface area contributed by atoms with Crippen LogP contribution in [-0.4, -0.2) is 35.5 Å². The highest BCUT2D eigenvalue weighted by molar-refractivity contribution is 5.98. The molecule has 0 aromatic heterocycles. The number of imide groups is 1. The fourth-order valence-corrected chi connectivity index (χ4v) is 2.00. The summed E-state index contributed by atoms with van der Waals surface area (Å²) >= 11 is 0. The number of hydrogen-bond donors (Lipinski definition) is 0. The summed E-state index contributed by atoms with van der Waals surface area (Å²) in [6, 6.07) is 0. The zero-order valence-corrected chi connectivity index (χ0v) is 11.7. The van der Waals surface area contributed by atoms with Crippen LogP contribution in [0, 0.1) is 11.3 Å². The second-order valence-electron chi connectivity index (χ2n) is 6.67. The molecule has 1 aliphatic rings. The van der Waals surface area contributed by atoms with Crippen molar-refractivity contribution >= 4 is 11.8 Å². The molecule has 1 heterocycles. The van der Waals surface area contributed by atoms with Crippen LogP contribution in [-0.2, 0) is 14.3 Å². The van der Waals surface area contributed by atoms with E-state index in [1.54, 1.807) is 0 Å². The third-order valence-corrected chi connectivity index (χ3v) is 2.99. The predicted octanol–water partition coefficient (Wildman–Crippen LogP) is 1.83. The van der Waals surface area contributed by atoms with Gasteiger partial charge in [-0.1, -0.05) is 20.8 Å². The molecule has 0 aromatic carbocycles. The van der Waals surface area contributed by atoms with Gasteiger partial charge in [0.25, 0.3) is 5.91 Å². The van der Waals surface area contributed by atoms with Crippen LogP contribution < -0.4 is 0 Å². The molecule has 1 atom stereocenters. The minimum atomic E-state index is -0.495. The van der Waals surface area contributed by atoms with Crippen LogP contribution in [0.5, 0.6) is 0 Å². The first kappa shape index (κ1) is 14.2. The minimum Gasteiger partial charge on any atom is -0.371 e. The number of carbonyl (C=O) groups is 2. The Kier molecular flexibility index (Phi) is 3.67. The maximum atomic E-state index is 12.5. The molecule has 1 fully saturated rings. The molecule has 0 spiro atoms. The molecule has 1 aliphatic heterocycles. The van der Waals surface area contributed by atoms with Gasteiger partial charge in [-0.15, -0.1) is 0 Å². The standard InChI is InChI=1S/C13H23NO3/c1-12(2,3)9-7-17-8-10(15)14(11(9)16)13(4,5)6/h9H,7-8H2,1-6H3. The normalized spacial score (nSPS) is 23.9. The van der Waals surface area contributed by atoms with E-state index in [4.69, 9.17) is 4.74 Å². The summed E-state index contributed by atoms with van der Waals surface area (Å²) in [5, 5.41) is 0. The van der Waals surface area contributed by atoms with Crippen molar-refractivity contribution < 1.29 is 14.3 Å². The van der Waals surface area contributed by atoms with Crippen molar-refractivity contribution in [2.75, 3.05) is 13.2 Å². The van der Waals surface area contributed by atoms with Crippen molar-refractivity contribution in [3.63, 3.8) is 0 Å². The summed E-state index contributed by atoms with van der Waals surface area (Å²) in [6.45, 7) is 11.9. The smallest absolute Gasteiger partial charge is 0.255 e. The summed E-state index contributed by atoms with van der Waals surface area (Å²) in [4.78, 5) is 25.8. The second kappa shape index (κ2) is 4.41. The van der Waals surface area contributed by atoms with Crippen LogP contribution in [0.25, 0.3) is 0 Å². The van der Waals surface area contributed by atoms with E-state index in [0.29, 0.717) is 6.61 Å². The molecular weight excluding hydrogens is 218 g/mol. The van der Waals surface area contributed by atoms with Crippen molar-refractivity contribution in [2.24, 2.45) is 11.3 Å². The number of ether oxygens (including phenoxy) is 1. The zero-order valence-electron chi connectivity index (χ0n) is 11.7. The number of rotatable bonds is 0.